The highest BCUT2D eigenvalue weighted by atomic mass is 35.5. The van der Waals surface area contributed by atoms with E-state index in [0.717, 1.165) is 5.56 Å². The van der Waals surface area contributed by atoms with Crippen molar-refractivity contribution in [3.63, 3.8) is 0 Å². The maximum absolute atomic E-state index is 12.7. The molecule has 22 heavy (non-hydrogen) atoms. The van der Waals surface area contributed by atoms with E-state index in [2.05, 4.69) is 10.4 Å². The third-order valence-corrected chi connectivity index (χ3v) is 3.60. The number of aryl methyl sites for hydroxylation is 2. The van der Waals surface area contributed by atoms with Gasteiger partial charge in [-0.1, -0.05) is 17.7 Å². The third-order valence-electron chi connectivity index (χ3n) is 3.37. The highest BCUT2D eigenvalue weighted by Gasteiger charge is 2.21. The van der Waals surface area contributed by atoms with Crippen molar-refractivity contribution in [2.75, 3.05) is 5.32 Å². The highest BCUT2D eigenvalue weighted by Crippen LogP contribution is 2.23. The molecule has 7 heteroatoms. The van der Waals surface area contributed by atoms with Gasteiger partial charge in [-0.25, -0.2) is 8.78 Å². The number of hydrogen-bond acceptors (Lipinski definition) is 2. The van der Waals surface area contributed by atoms with Crippen LogP contribution in [-0.2, 0) is 4.79 Å². The Balaban J connectivity index is 2.20. The molecule has 0 spiro atoms. The molecule has 0 saturated carbocycles. The second-order valence-corrected chi connectivity index (χ2v) is 5.52. The fourth-order valence-electron chi connectivity index (χ4n) is 2.09. The predicted molar refractivity (Wildman–Crippen MR) is 81.5 cm³/mol. The van der Waals surface area contributed by atoms with E-state index in [1.54, 1.807) is 32.0 Å². The molecule has 2 rings (SSSR count). The molecule has 1 heterocycles. The molecular weight excluding hydrogens is 312 g/mol. The Kier molecular flexibility index (Phi) is 4.81. The first-order chi connectivity index (χ1) is 10.3. The monoisotopic (exact) mass is 327 g/mol. The number of carbonyl (C=O) groups excluding carboxylic acids is 1. The van der Waals surface area contributed by atoms with Crippen LogP contribution in [0.1, 0.15) is 36.3 Å². The lowest BCUT2D eigenvalue weighted by Crippen LogP contribution is -2.25. The molecular formula is C15H16ClF2N3O. The topological polar surface area (TPSA) is 46.9 Å². The van der Waals surface area contributed by atoms with Gasteiger partial charge in [0.15, 0.2) is 0 Å². The van der Waals surface area contributed by atoms with Crippen LogP contribution in [0.5, 0.6) is 0 Å². The quantitative estimate of drug-likeness (QED) is 0.910. The molecule has 1 aromatic carbocycles. The van der Waals surface area contributed by atoms with Gasteiger partial charge in [0.05, 0.1) is 0 Å². The van der Waals surface area contributed by atoms with Gasteiger partial charge in [0.1, 0.15) is 11.7 Å². The van der Waals surface area contributed by atoms with E-state index in [1.165, 1.54) is 10.7 Å². The Hall–Kier alpha value is -1.95. The van der Waals surface area contributed by atoms with Gasteiger partial charge in [0.25, 0.3) is 6.43 Å². The third kappa shape index (κ3) is 3.44. The Bertz CT molecular complexity index is 700. The van der Waals surface area contributed by atoms with Crippen molar-refractivity contribution in [3.8, 4) is 0 Å². The number of nitrogens with one attached hydrogen (secondary N) is 1. The molecule has 1 aromatic heterocycles. The fourth-order valence-corrected chi connectivity index (χ4v) is 2.26. The highest BCUT2D eigenvalue weighted by molar-refractivity contribution is 6.31. The van der Waals surface area contributed by atoms with Gasteiger partial charge in [0.2, 0.25) is 5.91 Å². The molecule has 1 atom stereocenters. The zero-order valence-electron chi connectivity index (χ0n) is 12.4. The van der Waals surface area contributed by atoms with E-state index in [9.17, 15) is 13.6 Å². The maximum Gasteiger partial charge on any atom is 0.282 e. The van der Waals surface area contributed by atoms with Gasteiger partial charge in [-0.2, -0.15) is 5.10 Å². The maximum atomic E-state index is 12.7. The summed E-state index contributed by atoms with van der Waals surface area (Å²) < 4.78 is 26.6. The molecule has 0 aliphatic rings. The molecule has 0 bridgehead atoms. The van der Waals surface area contributed by atoms with Gasteiger partial charge in [0, 0.05) is 16.4 Å². The second-order valence-electron chi connectivity index (χ2n) is 5.08. The van der Waals surface area contributed by atoms with Crippen LogP contribution >= 0.6 is 11.6 Å². The number of rotatable bonds is 4. The molecule has 2 aromatic rings. The van der Waals surface area contributed by atoms with Crippen LogP contribution in [0.2, 0.25) is 5.02 Å². The lowest BCUT2D eigenvalue weighted by molar-refractivity contribution is -0.119. The van der Waals surface area contributed by atoms with Gasteiger partial charge in [-0.05, 0) is 44.5 Å². The number of amides is 1. The van der Waals surface area contributed by atoms with E-state index in [0.29, 0.717) is 16.4 Å². The number of nitrogens with zero attached hydrogens (tertiary/aromatic N) is 2. The Morgan fingerprint density at radius 2 is 2.00 bits per heavy atom. The van der Waals surface area contributed by atoms with Crippen LogP contribution in [0, 0.1) is 13.8 Å². The van der Waals surface area contributed by atoms with Crippen LogP contribution < -0.4 is 5.32 Å². The molecule has 0 radical (unpaired) electrons. The first-order valence-electron chi connectivity index (χ1n) is 6.71. The predicted octanol–water partition coefficient (Wildman–Crippen LogP) is 4.29. The summed E-state index contributed by atoms with van der Waals surface area (Å²) in [5, 5.41) is 7.04. The SMILES string of the molecule is Cc1ccc(Cl)cc1NC(=O)C(C)n1nc(C(F)F)cc1C. The number of benzene rings is 1. The summed E-state index contributed by atoms with van der Waals surface area (Å²) in [7, 11) is 0. The van der Waals surface area contributed by atoms with E-state index < -0.39 is 12.5 Å². The van der Waals surface area contributed by atoms with Gasteiger partial charge in [-0.3, -0.25) is 9.48 Å². The summed E-state index contributed by atoms with van der Waals surface area (Å²) >= 11 is 5.91. The normalized spacial score (nSPS) is 12.5. The molecule has 1 unspecified atom stereocenters. The van der Waals surface area contributed by atoms with Crippen LogP contribution in [-0.4, -0.2) is 15.7 Å². The average Bonchev–Trinajstić information content (AvgIpc) is 2.84. The minimum absolute atomic E-state index is 0.337. The fraction of sp³-hybridized carbons (Fsp3) is 0.333. The van der Waals surface area contributed by atoms with Crippen molar-refractivity contribution in [1.29, 1.82) is 0 Å². The first-order valence-corrected chi connectivity index (χ1v) is 7.08. The van der Waals surface area contributed by atoms with Crippen LogP contribution in [0.25, 0.3) is 0 Å². The lowest BCUT2D eigenvalue weighted by atomic mass is 10.2. The zero-order valence-corrected chi connectivity index (χ0v) is 13.2. The number of carbonyl (C=O) groups is 1. The lowest BCUT2D eigenvalue weighted by Gasteiger charge is -2.16. The summed E-state index contributed by atoms with van der Waals surface area (Å²) in [6.45, 7) is 5.07. The van der Waals surface area contributed by atoms with Crippen molar-refractivity contribution in [2.24, 2.45) is 0 Å². The zero-order chi connectivity index (χ0) is 16.4. The number of aromatic nitrogens is 2. The Labute approximate surface area is 132 Å². The standard InChI is InChI=1S/C15H16ClF2N3O/c1-8-4-5-11(16)7-12(8)19-15(22)10(3)21-9(2)6-13(20-21)14(17)18/h4-7,10,14H,1-3H3,(H,19,22). The summed E-state index contributed by atoms with van der Waals surface area (Å²) in [5.41, 5.74) is 1.61. The molecule has 118 valence electrons. The second kappa shape index (κ2) is 6.44. The van der Waals surface area contributed by atoms with Crippen LogP contribution in [0.3, 0.4) is 0 Å². The number of anilines is 1. The average molecular weight is 328 g/mol. The molecule has 0 aliphatic heterocycles. The molecule has 4 nitrogen and oxygen atoms in total. The van der Waals surface area contributed by atoms with Crippen LogP contribution in [0.15, 0.2) is 24.3 Å². The molecule has 0 aliphatic carbocycles. The van der Waals surface area contributed by atoms with E-state index >= 15 is 0 Å². The van der Waals surface area contributed by atoms with E-state index in [4.69, 9.17) is 11.6 Å². The molecule has 0 saturated heterocycles. The summed E-state index contributed by atoms with van der Waals surface area (Å²) in [5.74, 6) is -0.350. The first kappa shape index (κ1) is 16.4. The minimum atomic E-state index is -2.66. The summed E-state index contributed by atoms with van der Waals surface area (Å²) in [4.78, 5) is 12.3. The number of alkyl halides is 2. The number of hydrogen-bond donors (Lipinski definition) is 1. The van der Waals surface area contributed by atoms with Crippen LogP contribution in [0.4, 0.5) is 14.5 Å². The summed E-state index contributed by atoms with van der Waals surface area (Å²) in [6.07, 6.45) is -2.66. The Morgan fingerprint density at radius 1 is 1.32 bits per heavy atom. The van der Waals surface area contributed by atoms with Gasteiger partial charge in [-0.15, -0.1) is 0 Å². The van der Waals surface area contributed by atoms with Gasteiger partial charge >= 0.3 is 0 Å². The Morgan fingerprint density at radius 3 is 2.59 bits per heavy atom. The van der Waals surface area contributed by atoms with Crippen molar-refractivity contribution in [3.05, 3.63) is 46.2 Å². The minimum Gasteiger partial charge on any atom is -0.324 e. The van der Waals surface area contributed by atoms with E-state index in [-0.39, 0.29) is 11.6 Å². The molecule has 1 N–H and O–H groups in total. The van der Waals surface area contributed by atoms with E-state index in [1.807, 2.05) is 6.92 Å². The largest absolute Gasteiger partial charge is 0.324 e. The van der Waals surface area contributed by atoms with Crippen molar-refractivity contribution in [2.45, 2.75) is 33.2 Å². The van der Waals surface area contributed by atoms with Crippen molar-refractivity contribution < 1.29 is 13.6 Å². The van der Waals surface area contributed by atoms with Gasteiger partial charge < -0.3 is 5.32 Å². The molecule has 0 fully saturated rings. The van der Waals surface area contributed by atoms with Crippen molar-refractivity contribution >= 4 is 23.2 Å². The summed E-state index contributed by atoms with van der Waals surface area (Å²) in [6, 6.07) is 5.71. The number of halogens is 3. The molecule has 1 amide bonds. The smallest absolute Gasteiger partial charge is 0.282 e. The van der Waals surface area contributed by atoms with Crippen molar-refractivity contribution in [1.82, 2.24) is 9.78 Å².